The van der Waals surface area contributed by atoms with Crippen LogP contribution in [0.3, 0.4) is 0 Å². The second-order valence-electron chi connectivity index (χ2n) is 3.87. The maximum atomic E-state index is 13.5. The van der Waals surface area contributed by atoms with E-state index in [0.29, 0.717) is 13.1 Å². The Morgan fingerprint density at radius 3 is 1.68 bits per heavy atom. The summed E-state index contributed by atoms with van der Waals surface area (Å²) in [7, 11) is -5.05. The smallest absolute Gasteiger partial charge is 0.242 e. The van der Waals surface area contributed by atoms with Crippen LogP contribution < -0.4 is 0 Å². The molecule has 0 N–H and O–H groups in total. The van der Waals surface area contributed by atoms with Crippen LogP contribution in [0.1, 0.15) is 13.8 Å². The fourth-order valence-corrected chi connectivity index (χ4v) is 5.36. The lowest BCUT2D eigenvalue weighted by molar-refractivity contribution is 0.358. The number of hydrogen-bond donors (Lipinski definition) is 0. The van der Waals surface area contributed by atoms with Gasteiger partial charge in [-0.25, -0.2) is 30.4 Å². The molecule has 0 spiro atoms. The molecule has 11 heteroatoms. The Labute approximate surface area is 132 Å². The van der Waals surface area contributed by atoms with Crippen molar-refractivity contribution in [2.24, 2.45) is 0 Å². The van der Waals surface area contributed by atoms with Crippen LogP contribution in [-0.4, -0.2) is 30.7 Å². The molecule has 0 heterocycles. The van der Waals surface area contributed by atoms with Gasteiger partial charge in [-0.2, -0.15) is 0 Å². The van der Waals surface area contributed by atoms with Gasteiger partial charge in [0.15, 0.2) is 32.5 Å². The van der Waals surface area contributed by atoms with Crippen molar-refractivity contribution in [3.05, 3.63) is 29.1 Å². The van der Waals surface area contributed by atoms with E-state index in [1.165, 1.54) is 4.90 Å². The van der Waals surface area contributed by atoms with Crippen LogP contribution in [0.4, 0.5) is 22.0 Å². The molecular formula is C11H10F5NO2S3. The minimum atomic E-state index is -4.91. The first-order valence-electron chi connectivity index (χ1n) is 5.83. The molecule has 0 radical (unpaired) electrons. The molecule has 0 amide bonds. The van der Waals surface area contributed by atoms with Gasteiger partial charge in [0.2, 0.25) is 14.7 Å². The summed E-state index contributed by atoms with van der Waals surface area (Å²) in [5.41, 5.74) is 0. The second kappa shape index (κ2) is 7.09. The third-order valence-corrected chi connectivity index (χ3v) is 6.56. The summed E-state index contributed by atoms with van der Waals surface area (Å²) in [6.07, 6.45) is 0. The summed E-state index contributed by atoms with van der Waals surface area (Å²) < 4.78 is 89.8. The molecule has 3 nitrogen and oxygen atoms in total. The summed E-state index contributed by atoms with van der Waals surface area (Å²) in [6.45, 7) is 3.94. The molecule has 0 unspecified atom stereocenters. The van der Waals surface area contributed by atoms with Crippen molar-refractivity contribution in [1.29, 1.82) is 0 Å². The molecule has 124 valence electrons. The van der Waals surface area contributed by atoms with Crippen molar-refractivity contribution in [3.63, 3.8) is 0 Å². The lowest BCUT2D eigenvalue weighted by atomic mass is 10.3. The first kappa shape index (κ1) is 19.1. The highest BCUT2D eigenvalue weighted by molar-refractivity contribution is 8.79. The SMILES string of the molecule is CCN(CC)C(=S)SS(=O)(=O)c1c(F)c(F)c(F)c(F)c1F. The van der Waals surface area contributed by atoms with Crippen molar-refractivity contribution < 1.29 is 30.4 Å². The van der Waals surface area contributed by atoms with Gasteiger partial charge < -0.3 is 4.90 Å². The maximum absolute atomic E-state index is 13.5. The monoisotopic (exact) mass is 379 g/mol. The van der Waals surface area contributed by atoms with Gasteiger partial charge in [-0.05, 0) is 13.8 Å². The average molecular weight is 379 g/mol. The highest BCUT2D eigenvalue weighted by Crippen LogP contribution is 2.33. The van der Waals surface area contributed by atoms with E-state index in [0.717, 1.165) is 0 Å². The zero-order chi connectivity index (χ0) is 17.2. The lowest BCUT2D eigenvalue weighted by Crippen LogP contribution is -2.28. The van der Waals surface area contributed by atoms with Gasteiger partial charge >= 0.3 is 0 Å². The Morgan fingerprint density at radius 1 is 0.955 bits per heavy atom. The van der Waals surface area contributed by atoms with E-state index in [-0.39, 0.29) is 15.1 Å². The molecule has 0 aliphatic heterocycles. The Morgan fingerprint density at radius 2 is 1.32 bits per heavy atom. The normalized spacial score (nSPS) is 11.6. The summed E-state index contributed by atoms with van der Waals surface area (Å²) in [5, 5.41) is 0. The number of hydrogen-bond acceptors (Lipinski definition) is 4. The molecule has 0 aromatic heterocycles. The van der Waals surface area contributed by atoms with Gasteiger partial charge in [0, 0.05) is 23.9 Å². The molecule has 0 aliphatic rings. The second-order valence-corrected chi connectivity index (χ2v) is 8.21. The predicted octanol–water partition coefficient (Wildman–Crippen LogP) is 3.43. The molecule has 0 saturated heterocycles. The summed E-state index contributed by atoms with van der Waals surface area (Å²) in [4.78, 5) is -0.521. The first-order valence-corrected chi connectivity index (χ1v) is 9.05. The third kappa shape index (κ3) is 3.51. The van der Waals surface area contributed by atoms with Crippen LogP contribution in [0.5, 0.6) is 0 Å². The van der Waals surface area contributed by atoms with E-state index in [1.54, 1.807) is 13.8 Å². The zero-order valence-corrected chi connectivity index (χ0v) is 13.7. The van der Waals surface area contributed by atoms with Crippen LogP contribution in [0, 0.1) is 29.1 Å². The van der Waals surface area contributed by atoms with Crippen LogP contribution in [0.25, 0.3) is 0 Å². The number of halogens is 5. The van der Waals surface area contributed by atoms with Crippen molar-refractivity contribution >= 4 is 36.2 Å². The van der Waals surface area contributed by atoms with Crippen molar-refractivity contribution in [3.8, 4) is 0 Å². The molecule has 0 aliphatic carbocycles. The van der Waals surface area contributed by atoms with Gasteiger partial charge in [0.05, 0.1) is 0 Å². The molecule has 0 fully saturated rings. The van der Waals surface area contributed by atoms with Crippen molar-refractivity contribution in [2.45, 2.75) is 18.7 Å². The molecule has 1 rings (SSSR count). The van der Waals surface area contributed by atoms with Crippen molar-refractivity contribution in [1.82, 2.24) is 4.90 Å². The van der Waals surface area contributed by atoms with E-state index in [4.69, 9.17) is 12.2 Å². The van der Waals surface area contributed by atoms with Crippen LogP contribution >= 0.6 is 23.0 Å². The fourth-order valence-electron chi connectivity index (χ4n) is 1.47. The third-order valence-electron chi connectivity index (χ3n) is 2.62. The number of thiocarbonyl (C=S) groups is 1. The van der Waals surface area contributed by atoms with Crippen LogP contribution in [-0.2, 0) is 8.87 Å². The Hall–Kier alpha value is -0.940. The lowest BCUT2D eigenvalue weighted by Gasteiger charge is -2.20. The molecule has 0 saturated carbocycles. The van der Waals surface area contributed by atoms with Crippen LogP contribution in [0.2, 0.25) is 0 Å². The average Bonchev–Trinajstić information content (AvgIpc) is 2.43. The highest BCUT2D eigenvalue weighted by Gasteiger charge is 2.35. The molecule has 0 bridgehead atoms. The fraction of sp³-hybridized carbons (Fsp3) is 0.364. The zero-order valence-electron chi connectivity index (χ0n) is 11.3. The van der Waals surface area contributed by atoms with Gasteiger partial charge in [0.25, 0.3) is 0 Å². The van der Waals surface area contributed by atoms with E-state index < -0.39 is 42.9 Å². The number of benzene rings is 1. The number of rotatable bonds is 4. The van der Waals surface area contributed by atoms with Crippen molar-refractivity contribution in [2.75, 3.05) is 13.1 Å². The van der Waals surface area contributed by atoms with Crippen LogP contribution in [0.15, 0.2) is 4.90 Å². The van der Waals surface area contributed by atoms with Gasteiger partial charge in [0.1, 0.15) is 0 Å². The number of nitrogens with zero attached hydrogens (tertiary/aromatic N) is 1. The van der Waals surface area contributed by atoms with Gasteiger partial charge in [-0.1, -0.05) is 12.2 Å². The van der Waals surface area contributed by atoms with E-state index in [1.807, 2.05) is 0 Å². The van der Waals surface area contributed by atoms with Gasteiger partial charge in [-0.15, -0.1) is 0 Å². The highest BCUT2D eigenvalue weighted by atomic mass is 33.1. The molecule has 22 heavy (non-hydrogen) atoms. The summed E-state index contributed by atoms with van der Waals surface area (Å²) in [5.74, 6) is -11.9. The van der Waals surface area contributed by atoms with E-state index in [9.17, 15) is 30.4 Å². The minimum Gasteiger partial charge on any atom is -0.357 e. The van der Waals surface area contributed by atoms with Gasteiger partial charge in [-0.3, -0.25) is 0 Å². The molecule has 1 aromatic carbocycles. The van der Waals surface area contributed by atoms with E-state index >= 15 is 0 Å². The van der Waals surface area contributed by atoms with E-state index in [2.05, 4.69) is 0 Å². The quantitative estimate of drug-likeness (QED) is 0.263. The topological polar surface area (TPSA) is 37.4 Å². The standard InChI is InChI=1S/C11H10F5NO2S3/c1-3-17(4-2)11(20)21-22(18,19)10-8(15)6(13)5(12)7(14)9(10)16/h3-4H2,1-2H3. The largest absolute Gasteiger partial charge is 0.357 e. The predicted molar refractivity (Wildman–Crippen MR) is 76.5 cm³/mol. The molecular weight excluding hydrogens is 369 g/mol. The first-order chi connectivity index (χ1) is 10.1. The minimum absolute atomic E-state index is 0.142. The Kier molecular flexibility index (Phi) is 6.16. The maximum Gasteiger partial charge on any atom is 0.242 e. The Bertz CT molecular complexity index is 675. The summed E-state index contributed by atoms with van der Waals surface area (Å²) in [6, 6.07) is 0. The summed E-state index contributed by atoms with van der Waals surface area (Å²) >= 11 is 4.80. The molecule has 1 aromatic rings. The molecule has 0 atom stereocenters. The Balaban J connectivity index is 3.39.